The topological polar surface area (TPSA) is 4.41 Å². The molecule has 0 fully saturated rings. The highest BCUT2D eigenvalue weighted by Gasteiger charge is 2.19. The van der Waals surface area contributed by atoms with E-state index in [1.807, 2.05) is 0 Å². The Morgan fingerprint density at radius 2 is 1.44 bits per heavy atom. The third kappa shape index (κ3) is 1.68. The second-order valence-electron chi connectivity index (χ2n) is 6.47. The third-order valence-electron chi connectivity index (χ3n) is 5.25. The minimum absolute atomic E-state index is 1.14. The molecule has 3 heteroatoms. The average Bonchev–Trinajstić information content (AvgIpc) is 2.99. The van der Waals surface area contributed by atoms with Crippen molar-refractivity contribution in [2.75, 3.05) is 0 Å². The molecule has 0 unspecified atom stereocenters. The Morgan fingerprint density at radius 1 is 0.680 bits per heavy atom. The van der Waals surface area contributed by atoms with E-state index in [9.17, 15) is 0 Å². The Morgan fingerprint density at radius 3 is 2.36 bits per heavy atom. The summed E-state index contributed by atoms with van der Waals surface area (Å²) in [6.45, 7) is 0. The molecule has 2 heterocycles. The van der Waals surface area contributed by atoms with Crippen molar-refractivity contribution in [1.29, 1.82) is 0 Å². The molecule has 2 aromatic heterocycles. The van der Waals surface area contributed by atoms with Crippen LogP contribution in [0.3, 0.4) is 0 Å². The summed E-state index contributed by atoms with van der Waals surface area (Å²) in [6.07, 6.45) is 0. The molecular formula is C22H11BrIN. The normalized spacial score (nSPS) is 12.4. The number of hydrogen-bond acceptors (Lipinski definition) is 0. The minimum Gasteiger partial charge on any atom is -0.307 e. The maximum Gasteiger partial charge on any atom is 0.0683 e. The van der Waals surface area contributed by atoms with Crippen LogP contribution in [0.1, 0.15) is 0 Å². The van der Waals surface area contributed by atoms with Crippen LogP contribution >= 0.6 is 38.5 Å². The molecule has 0 saturated heterocycles. The molecule has 0 aliphatic rings. The van der Waals surface area contributed by atoms with Gasteiger partial charge in [-0.05, 0) is 62.1 Å². The molecule has 0 atom stereocenters. The van der Waals surface area contributed by atoms with E-state index < -0.39 is 0 Å². The standard InChI is InChI=1S/C22H11BrIN/c23-16-6-3-5-13-14-10-8-12-9-11-17(24)20-15-4-1-2-7-18(15)25(21(13)16)22(14)19(12)20/h1-11H. The molecule has 118 valence electrons. The number of benzene rings is 4. The molecule has 1 nitrogen and oxygen atoms in total. The highest BCUT2D eigenvalue weighted by Crippen LogP contribution is 2.43. The monoisotopic (exact) mass is 495 g/mol. The zero-order valence-electron chi connectivity index (χ0n) is 13.1. The summed E-state index contributed by atoms with van der Waals surface area (Å²) in [6, 6.07) is 24.2. The predicted octanol–water partition coefficient (Wildman–Crippen LogP) is 7.36. The fraction of sp³-hybridized carbons (Fsp3) is 0. The first kappa shape index (κ1) is 14.3. The molecular weight excluding hydrogens is 485 g/mol. The molecule has 0 N–H and O–H groups in total. The van der Waals surface area contributed by atoms with Crippen molar-refractivity contribution in [3.05, 3.63) is 74.8 Å². The number of rotatable bonds is 0. The van der Waals surface area contributed by atoms with Crippen molar-refractivity contribution < 1.29 is 0 Å². The van der Waals surface area contributed by atoms with Crippen LogP contribution < -0.4 is 0 Å². The van der Waals surface area contributed by atoms with Gasteiger partial charge in [0.15, 0.2) is 0 Å². The fourth-order valence-electron chi connectivity index (χ4n) is 4.28. The number of hydrogen-bond donors (Lipinski definition) is 0. The lowest BCUT2D eigenvalue weighted by atomic mass is 9.99. The quantitative estimate of drug-likeness (QED) is 0.118. The Kier molecular flexibility index (Phi) is 2.79. The van der Waals surface area contributed by atoms with Crippen molar-refractivity contribution in [3.63, 3.8) is 0 Å². The van der Waals surface area contributed by atoms with Crippen LogP contribution in [0.4, 0.5) is 0 Å². The summed E-state index contributed by atoms with van der Waals surface area (Å²) in [5, 5.41) is 7.97. The van der Waals surface area contributed by atoms with Crippen LogP contribution in [-0.4, -0.2) is 4.40 Å². The van der Waals surface area contributed by atoms with Gasteiger partial charge in [-0.2, -0.15) is 0 Å². The van der Waals surface area contributed by atoms with Gasteiger partial charge in [0.1, 0.15) is 0 Å². The van der Waals surface area contributed by atoms with Gasteiger partial charge in [0.05, 0.1) is 16.6 Å². The maximum atomic E-state index is 3.80. The van der Waals surface area contributed by atoms with Crippen LogP contribution in [-0.2, 0) is 0 Å². The second kappa shape index (κ2) is 4.86. The molecule has 0 amide bonds. The van der Waals surface area contributed by atoms with Gasteiger partial charge in [-0.15, -0.1) is 0 Å². The lowest BCUT2D eigenvalue weighted by Crippen LogP contribution is -1.94. The van der Waals surface area contributed by atoms with Gasteiger partial charge < -0.3 is 4.40 Å². The first-order chi connectivity index (χ1) is 12.3. The number of nitrogens with zero attached hydrogens (tertiary/aromatic N) is 1. The lowest BCUT2D eigenvalue weighted by molar-refractivity contribution is 1.34. The number of pyridine rings is 1. The highest BCUT2D eigenvalue weighted by atomic mass is 127. The summed E-state index contributed by atoms with van der Waals surface area (Å²) in [4.78, 5) is 0. The number of fused-ring (bicyclic) bond motifs is 6. The lowest BCUT2D eigenvalue weighted by Gasteiger charge is -2.14. The number of halogens is 2. The molecule has 0 aliphatic heterocycles. The van der Waals surface area contributed by atoms with E-state index in [2.05, 4.69) is 110 Å². The SMILES string of the molecule is Brc1cccc2c3ccc4ccc(I)c5c6ccccc6n(c12)c3c45. The summed E-state index contributed by atoms with van der Waals surface area (Å²) >= 11 is 6.27. The summed E-state index contributed by atoms with van der Waals surface area (Å²) < 4.78 is 4.88. The molecule has 0 aliphatic carbocycles. The first-order valence-electron chi connectivity index (χ1n) is 8.19. The largest absolute Gasteiger partial charge is 0.307 e. The van der Waals surface area contributed by atoms with E-state index in [4.69, 9.17) is 0 Å². The van der Waals surface area contributed by atoms with E-state index in [1.54, 1.807) is 0 Å². The van der Waals surface area contributed by atoms with Crippen molar-refractivity contribution in [1.82, 2.24) is 4.40 Å². The van der Waals surface area contributed by atoms with Gasteiger partial charge in [-0.3, -0.25) is 0 Å². The Bertz CT molecular complexity index is 1460. The Balaban J connectivity index is 2.18. The third-order valence-corrected chi connectivity index (χ3v) is 6.79. The van der Waals surface area contributed by atoms with E-state index >= 15 is 0 Å². The smallest absolute Gasteiger partial charge is 0.0683 e. The average molecular weight is 496 g/mol. The number of para-hydroxylation sites is 2. The summed E-state index contributed by atoms with van der Waals surface area (Å²) in [5.74, 6) is 0. The number of aromatic nitrogens is 1. The van der Waals surface area contributed by atoms with Gasteiger partial charge >= 0.3 is 0 Å². The molecule has 6 rings (SSSR count). The van der Waals surface area contributed by atoms with Gasteiger partial charge in [-0.25, -0.2) is 0 Å². The summed E-state index contributed by atoms with van der Waals surface area (Å²) in [7, 11) is 0. The van der Waals surface area contributed by atoms with E-state index in [0.29, 0.717) is 0 Å². The molecule has 0 bridgehead atoms. The van der Waals surface area contributed by atoms with Crippen molar-refractivity contribution in [3.8, 4) is 0 Å². The van der Waals surface area contributed by atoms with Gasteiger partial charge in [-0.1, -0.05) is 48.5 Å². The van der Waals surface area contributed by atoms with Crippen molar-refractivity contribution in [2.24, 2.45) is 0 Å². The van der Waals surface area contributed by atoms with Crippen LogP contribution in [0, 0.1) is 3.57 Å². The second-order valence-corrected chi connectivity index (χ2v) is 8.49. The molecule has 6 aromatic rings. The van der Waals surface area contributed by atoms with Crippen LogP contribution in [0.15, 0.2) is 71.2 Å². The van der Waals surface area contributed by atoms with E-state index in [-0.39, 0.29) is 0 Å². The molecule has 0 radical (unpaired) electrons. The van der Waals surface area contributed by atoms with Crippen LogP contribution in [0.2, 0.25) is 0 Å². The Labute approximate surface area is 165 Å². The summed E-state index contributed by atoms with van der Waals surface area (Å²) in [5.41, 5.74) is 3.84. The van der Waals surface area contributed by atoms with Crippen molar-refractivity contribution in [2.45, 2.75) is 0 Å². The fourth-order valence-corrected chi connectivity index (χ4v) is 5.56. The van der Waals surface area contributed by atoms with Crippen LogP contribution in [0.25, 0.3) is 48.9 Å². The van der Waals surface area contributed by atoms with Crippen molar-refractivity contribution >= 4 is 87.4 Å². The van der Waals surface area contributed by atoms with E-state index in [1.165, 1.54) is 52.4 Å². The Hall–Kier alpha value is -1.85. The van der Waals surface area contributed by atoms with Gasteiger partial charge in [0, 0.05) is 35.0 Å². The maximum absolute atomic E-state index is 3.80. The van der Waals surface area contributed by atoms with E-state index in [0.717, 1.165) is 4.47 Å². The molecule has 0 saturated carbocycles. The minimum atomic E-state index is 1.14. The molecule has 4 aromatic carbocycles. The predicted molar refractivity (Wildman–Crippen MR) is 119 cm³/mol. The molecule has 0 spiro atoms. The highest BCUT2D eigenvalue weighted by molar-refractivity contribution is 14.1. The van der Waals surface area contributed by atoms with Crippen LogP contribution in [0.5, 0.6) is 0 Å². The first-order valence-corrected chi connectivity index (χ1v) is 10.1. The zero-order valence-corrected chi connectivity index (χ0v) is 16.8. The zero-order chi connectivity index (χ0) is 16.7. The van der Waals surface area contributed by atoms with Gasteiger partial charge in [0.2, 0.25) is 0 Å². The molecule has 25 heavy (non-hydrogen) atoms. The van der Waals surface area contributed by atoms with Gasteiger partial charge in [0.25, 0.3) is 0 Å².